The van der Waals surface area contributed by atoms with Crippen LogP contribution in [-0.4, -0.2) is 69.7 Å². The molecule has 1 atom stereocenters. The van der Waals surface area contributed by atoms with Crippen LogP contribution >= 0.6 is 11.8 Å². The zero-order chi connectivity index (χ0) is 23.4. The van der Waals surface area contributed by atoms with E-state index < -0.39 is 10.0 Å². The first kappa shape index (κ1) is 24.2. The van der Waals surface area contributed by atoms with Gasteiger partial charge in [0.25, 0.3) is 0 Å². The van der Waals surface area contributed by atoms with Crippen LogP contribution in [0, 0.1) is 0 Å². The van der Waals surface area contributed by atoms with Crippen LogP contribution in [0.5, 0.6) is 0 Å². The number of benzene rings is 1. The van der Waals surface area contributed by atoms with Crippen LogP contribution in [0.15, 0.2) is 34.3 Å². The van der Waals surface area contributed by atoms with Crippen molar-refractivity contribution in [2.24, 2.45) is 0 Å². The highest BCUT2D eigenvalue weighted by Crippen LogP contribution is 2.28. The summed E-state index contributed by atoms with van der Waals surface area (Å²) in [4.78, 5) is 15.2. The number of hydrogen-bond donors (Lipinski definition) is 0. The van der Waals surface area contributed by atoms with E-state index in [4.69, 9.17) is 0 Å². The summed E-state index contributed by atoms with van der Waals surface area (Å²) < 4.78 is 29.5. The summed E-state index contributed by atoms with van der Waals surface area (Å²) in [6.07, 6.45) is 6.13. The lowest BCUT2D eigenvalue weighted by molar-refractivity contribution is -0.132. The van der Waals surface area contributed by atoms with Crippen LogP contribution in [0.1, 0.15) is 52.4 Å². The molecule has 0 radical (unpaired) electrons. The molecule has 1 amide bonds. The van der Waals surface area contributed by atoms with Gasteiger partial charge in [0.1, 0.15) is 0 Å². The van der Waals surface area contributed by atoms with E-state index in [1.54, 1.807) is 22.5 Å². The average molecular weight is 492 g/mol. The highest BCUT2D eigenvalue weighted by atomic mass is 32.2. The lowest BCUT2D eigenvalue weighted by atomic mass is 10.0. The number of likely N-dealkylation sites (tertiary alicyclic amines) is 1. The molecule has 0 saturated carbocycles. The van der Waals surface area contributed by atoms with Gasteiger partial charge in [-0.05, 0) is 57.6 Å². The first-order valence-electron chi connectivity index (χ1n) is 11.9. The van der Waals surface area contributed by atoms with Crippen LogP contribution < -0.4 is 0 Å². The number of nitrogens with zero attached hydrogens (tertiary/aromatic N) is 5. The summed E-state index contributed by atoms with van der Waals surface area (Å²) in [5, 5.41) is 9.37. The zero-order valence-electron chi connectivity index (χ0n) is 19.4. The van der Waals surface area contributed by atoms with Gasteiger partial charge < -0.3 is 9.47 Å². The van der Waals surface area contributed by atoms with Crippen LogP contribution in [0.4, 0.5) is 0 Å². The molecule has 2 aliphatic heterocycles. The molecule has 4 rings (SSSR count). The Hall–Kier alpha value is -1.91. The first-order valence-corrected chi connectivity index (χ1v) is 14.3. The van der Waals surface area contributed by atoms with E-state index in [-0.39, 0.29) is 10.8 Å². The molecular formula is C23H33N5O3S2. The third kappa shape index (κ3) is 5.12. The van der Waals surface area contributed by atoms with Crippen molar-refractivity contribution in [2.75, 3.05) is 25.4 Å². The van der Waals surface area contributed by atoms with Crippen molar-refractivity contribution in [3.8, 4) is 11.4 Å². The molecular weight excluding hydrogens is 458 g/mol. The Morgan fingerprint density at radius 3 is 2.58 bits per heavy atom. The van der Waals surface area contributed by atoms with Gasteiger partial charge in [-0.2, -0.15) is 4.31 Å². The first-order chi connectivity index (χ1) is 16.0. The fraction of sp³-hybridized carbons (Fsp3) is 0.609. The maximum atomic E-state index is 13.0. The Labute approximate surface area is 200 Å². The van der Waals surface area contributed by atoms with E-state index in [9.17, 15) is 13.2 Å². The number of aromatic nitrogens is 3. The van der Waals surface area contributed by atoms with Gasteiger partial charge in [0.15, 0.2) is 11.0 Å². The smallest absolute Gasteiger partial charge is 0.243 e. The van der Waals surface area contributed by atoms with E-state index in [1.165, 1.54) is 18.2 Å². The van der Waals surface area contributed by atoms with Crippen molar-refractivity contribution in [3.63, 3.8) is 0 Å². The highest BCUT2D eigenvalue weighted by molar-refractivity contribution is 7.99. The van der Waals surface area contributed by atoms with Crippen LogP contribution in [0.3, 0.4) is 0 Å². The van der Waals surface area contributed by atoms with Gasteiger partial charge in [0.05, 0.1) is 10.6 Å². The normalized spacial score (nSPS) is 19.8. The van der Waals surface area contributed by atoms with Crippen molar-refractivity contribution >= 4 is 27.7 Å². The van der Waals surface area contributed by atoms with Gasteiger partial charge in [-0.15, -0.1) is 10.2 Å². The molecule has 1 aromatic carbocycles. The second-order valence-electron chi connectivity index (χ2n) is 8.62. The van der Waals surface area contributed by atoms with Gasteiger partial charge in [-0.25, -0.2) is 8.42 Å². The van der Waals surface area contributed by atoms with Gasteiger partial charge in [-0.1, -0.05) is 30.8 Å². The zero-order valence-corrected chi connectivity index (χ0v) is 21.1. The van der Waals surface area contributed by atoms with Crippen LogP contribution in [0.2, 0.25) is 0 Å². The topological polar surface area (TPSA) is 88.4 Å². The second-order valence-corrected chi connectivity index (χ2v) is 11.5. The standard InChI is InChI=1S/C23H33N5O3S2/c1-3-19-11-5-6-15-28(19)21(29)17-32-23-25-24-22(27(23)4-2)18-10-9-12-20(16-18)33(30,31)26-13-7-8-14-26/h9-10,12,16,19H,3-8,11,13-15,17H2,1-2H3. The molecule has 0 N–H and O–H groups in total. The summed E-state index contributed by atoms with van der Waals surface area (Å²) >= 11 is 1.40. The van der Waals surface area contributed by atoms with E-state index in [0.717, 1.165) is 38.6 Å². The fourth-order valence-corrected chi connectivity index (χ4v) is 7.18. The maximum absolute atomic E-state index is 13.0. The molecule has 0 aliphatic carbocycles. The minimum atomic E-state index is -3.50. The summed E-state index contributed by atoms with van der Waals surface area (Å²) in [6, 6.07) is 7.28. The fourth-order valence-electron chi connectivity index (χ4n) is 4.73. The molecule has 0 bridgehead atoms. The summed E-state index contributed by atoms with van der Waals surface area (Å²) in [7, 11) is -3.50. The van der Waals surface area contributed by atoms with Gasteiger partial charge in [0.2, 0.25) is 15.9 Å². The van der Waals surface area contributed by atoms with Crippen molar-refractivity contribution in [2.45, 2.75) is 75.0 Å². The minimum absolute atomic E-state index is 0.150. The number of rotatable bonds is 8. The predicted molar refractivity (Wildman–Crippen MR) is 129 cm³/mol. The van der Waals surface area contributed by atoms with Gasteiger partial charge >= 0.3 is 0 Å². The molecule has 2 aliphatic rings. The molecule has 3 heterocycles. The third-order valence-electron chi connectivity index (χ3n) is 6.57. The summed E-state index contributed by atoms with van der Waals surface area (Å²) in [6.45, 7) is 6.75. The lowest BCUT2D eigenvalue weighted by Crippen LogP contribution is -2.44. The van der Waals surface area contributed by atoms with Gasteiger partial charge in [-0.3, -0.25) is 4.79 Å². The molecule has 8 nitrogen and oxygen atoms in total. The quantitative estimate of drug-likeness (QED) is 0.524. The van der Waals surface area contributed by atoms with Crippen molar-refractivity contribution in [3.05, 3.63) is 24.3 Å². The molecule has 1 unspecified atom stereocenters. The van der Waals surface area contributed by atoms with Gasteiger partial charge in [0, 0.05) is 37.8 Å². The Bertz CT molecular complexity index is 1080. The molecule has 2 aromatic rings. The molecule has 1 aromatic heterocycles. The third-order valence-corrected chi connectivity index (χ3v) is 9.42. The molecule has 2 fully saturated rings. The molecule has 10 heteroatoms. The second kappa shape index (κ2) is 10.6. The molecule has 2 saturated heterocycles. The summed E-state index contributed by atoms with van der Waals surface area (Å²) in [5.41, 5.74) is 0.713. The Morgan fingerprint density at radius 2 is 1.85 bits per heavy atom. The van der Waals surface area contributed by atoms with Crippen molar-refractivity contribution in [1.82, 2.24) is 24.0 Å². The molecule has 180 valence electrons. The van der Waals surface area contributed by atoms with E-state index in [2.05, 4.69) is 17.1 Å². The number of carbonyl (C=O) groups excluding carboxylic acids is 1. The predicted octanol–water partition coefficient (Wildman–Crippen LogP) is 3.63. The Morgan fingerprint density at radius 1 is 1.09 bits per heavy atom. The lowest BCUT2D eigenvalue weighted by Gasteiger charge is -2.35. The van der Waals surface area contributed by atoms with E-state index in [0.29, 0.717) is 48.0 Å². The number of hydrogen-bond acceptors (Lipinski definition) is 6. The summed E-state index contributed by atoms with van der Waals surface area (Å²) in [5.74, 6) is 1.10. The highest BCUT2D eigenvalue weighted by Gasteiger charge is 2.28. The monoisotopic (exact) mass is 491 g/mol. The number of amides is 1. The SMILES string of the molecule is CCC1CCCCN1C(=O)CSc1nnc(-c2cccc(S(=O)(=O)N3CCCC3)c2)n1CC. The average Bonchev–Trinajstić information content (AvgIpc) is 3.53. The largest absolute Gasteiger partial charge is 0.339 e. The Balaban J connectivity index is 1.51. The van der Waals surface area contributed by atoms with Crippen LogP contribution in [0.25, 0.3) is 11.4 Å². The van der Waals surface area contributed by atoms with Crippen LogP contribution in [-0.2, 0) is 21.4 Å². The molecule has 33 heavy (non-hydrogen) atoms. The number of carbonyl (C=O) groups is 1. The number of sulfonamides is 1. The number of thioether (sulfide) groups is 1. The molecule has 0 spiro atoms. The number of piperidine rings is 1. The maximum Gasteiger partial charge on any atom is 0.243 e. The van der Waals surface area contributed by atoms with E-state index in [1.807, 2.05) is 22.5 Å². The van der Waals surface area contributed by atoms with E-state index >= 15 is 0 Å². The van der Waals surface area contributed by atoms with Crippen molar-refractivity contribution < 1.29 is 13.2 Å². The van der Waals surface area contributed by atoms with Crippen molar-refractivity contribution in [1.29, 1.82) is 0 Å². The minimum Gasteiger partial charge on any atom is -0.339 e. The Kier molecular flexibility index (Phi) is 7.76.